The third kappa shape index (κ3) is 4.71. The van der Waals surface area contributed by atoms with Gasteiger partial charge in [-0.1, -0.05) is 24.3 Å². The Morgan fingerprint density at radius 2 is 1.84 bits per heavy atom. The van der Waals surface area contributed by atoms with Crippen LogP contribution in [0.25, 0.3) is 11.3 Å². The lowest BCUT2D eigenvalue weighted by Crippen LogP contribution is -2.33. The van der Waals surface area contributed by atoms with Gasteiger partial charge in [0.2, 0.25) is 15.9 Å². The highest BCUT2D eigenvalue weighted by atomic mass is 32.2. The number of nitrogens with one attached hydrogen (secondary N) is 2. The molecule has 0 bridgehead atoms. The van der Waals surface area contributed by atoms with Crippen molar-refractivity contribution in [2.24, 2.45) is 0 Å². The van der Waals surface area contributed by atoms with Gasteiger partial charge in [-0.2, -0.15) is 0 Å². The van der Waals surface area contributed by atoms with E-state index in [4.69, 9.17) is 0 Å². The van der Waals surface area contributed by atoms with Crippen molar-refractivity contribution in [3.05, 3.63) is 63.5 Å². The first-order valence-electron chi connectivity index (χ1n) is 10.2. The molecular weight excluding hydrogens is 430 g/mol. The maximum atomic E-state index is 12.6. The Morgan fingerprint density at radius 3 is 2.65 bits per heavy atom. The molecule has 0 saturated carbocycles. The van der Waals surface area contributed by atoms with Crippen molar-refractivity contribution in [2.75, 3.05) is 11.9 Å². The lowest BCUT2D eigenvalue weighted by Gasteiger charge is -2.10. The number of carbonyl (C=O) groups excluding carboxylic acids is 1. The fraction of sp³-hybridized carbons (Fsp3) is 0.304. The van der Waals surface area contributed by atoms with Crippen molar-refractivity contribution < 1.29 is 13.2 Å². The molecule has 1 heterocycles. The number of amides is 1. The Balaban J connectivity index is 1.44. The molecule has 0 aliphatic heterocycles. The molecule has 8 heteroatoms. The van der Waals surface area contributed by atoms with Crippen molar-refractivity contribution >= 4 is 32.4 Å². The zero-order valence-corrected chi connectivity index (χ0v) is 19.4. The maximum absolute atomic E-state index is 12.6. The Kier molecular flexibility index (Phi) is 5.96. The molecule has 31 heavy (non-hydrogen) atoms. The molecule has 1 amide bonds. The van der Waals surface area contributed by atoms with Gasteiger partial charge in [-0.25, -0.2) is 18.1 Å². The Labute approximate surface area is 186 Å². The second-order valence-corrected chi connectivity index (χ2v) is 10.8. The van der Waals surface area contributed by atoms with Gasteiger partial charge in [0.1, 0.15) is 0 Å². The van der Waals surface area contributed by atoms with E-state index in [-0.39, 0.29) is 11.4 Å². The van der Waals surface area contributed by atoms with Crippen molar-refractivity contribution in [3.63, 3.8) is 0 Å². The standard InChI is InChI=1S/C23H25N3O3S2/c1-14-7-8-15(2)20(11-14)31(28,29)24-13-21(27)25-23-26-22(16(3)30-23)19-10-9-17-5-4-6-18(17)12-19/h7-12,24H,4-6,13H2,1-3H3,(H,25,26,27). The summed E-state index contributed by atoms with van der Waals surface area (Å²) in [6.07, 6.45) is 3.41. The fourth-order valence-electron chi connectivity index (χ4n) is 3.84. The van der Waals surface area contributed by atoms with E-state index in [0.29, 0.717) is 10.7 Å². The number of sulfonamides is 1. The quantitative estimate of drug-likeness (QED) is 0.585. The first-order chi connectivity index (χ1) is 14.7. The lowest BCUT2D eigenvalue weighted by atomic mass is 10.0. The summed E-state index contributed by atoms with van der Waals surface area (Å²) in [4.78, 5) is 18.2. The van der Waals surface area contributed by atoms with Crippen LogP contribution in [-0.4, -0.2) is 25.9 Å². The summed E-state index contributed by atoms with van der Waals surface area (Å²) in [5.74, 6) is -0.455. The third-order valence-electron chi connectivity index (χ3n) is 5.47. The molecule has 0 unspecified atom stereocenters. The molecule has 3 aromatic rings. The van der Waals surface area contributed by atoms with Gasteiger partial charge in [0.15, 0.2) is 5.13 Å². The van der Waals surface area contributed by atoms with Gasteiger partial charge in [0, 0.05) is 10.4 Å². The topological polar surface area (TPSA) is 88.2 Å². The highest BCUT2D eigenvalue weighted by molar-refractivity contribution is 7.89. The molecule has 0 atom stereocenters. The number of hydrogen-bond donors (Lipinski definition) is 2. The van der Waals surface area contributed by atoms with Crippen molar-refractivity contribution in [1.29, 1.82) is 0 Å². The minimum Gasteiger partial charge on any atom is -0.301 e. The van der Waals surface area contributed by atoms with Crippen LogP contribution in [0.2, 0.25) is 0 Å². The Bertz CT molecular complexity index is 1260. The van der Waals surface area contributed by atoms with E-state index in [0.717, 1.165) is 34.5 Å². The van der Waals surface area contributed by atoms with Gasteiger partial charge in [0.25, 0.3) is 0 Å². The van der Waals surface area contributed by atoms with Gasteiger partial charge >= 0.3 is 0 Å². The predicted molar refractivity (Wildman–Crippen MR) is 124 cm³/mol. The van der Waals surface area contributed by atoms with E-state index < -0.39 is 15.9 Å². The highest BCUT2D eigenvalue weighted by Gasteiger charge is 2.19. The molecule has 1 aliphatic carbocycles. The summed E-state index contributed by atoms with van der Waals surface area (Å²) in [6.45, 7) is 5.17. The molecular formula is C23H25N3O3S2. The maximum Gasteiger partial charge on any atom is 0.241 e. The SMILES string of the molecule is Cc1ccc(C)c(S(=O)(=O)NCC(=O)Nc2nc(-c3ccc4c(c3)CCC4)c(C)s2)c1. The van der Waals surface area contributed by atoms with Gasteiger partial charge in [-0.3, -0.25) is 4.79 Å². The van der Waals surface area contributed by atoms with Crippen molar-refractivity contribution in [1.82, 2.24) is 9.71 Å². The zero-order valence-electron chi connectivity index (χ0n) is 17.8. The van der Waals surface area contributed by atoms with E-state index in [1.54, 1.807) is 19.1 Å². The van der Waals surface area contributed by atoms with Gasteiger partial charge in [-0.05, 0) is 74.4 Å². The smallest absolute Gasteiger partial charge is 0.241 e. The zero-order chi connectivity index (χ0) is 22.2. The van der Waals surface area contributed by atoms with Crippen LogP contribution in [0, 0.1) is 20.8 Å². The number of nitrogens with zero attached hydrogens (tertiary/aromatic N) is 1. The number of thiazole rings is 1. The Morgan fingerprint density at radius 1 is 1.06 bits per heavy atom. The molecule has 0 spiro atoms. The number of carbonyl (C=O) groups is 1. The number of rotatable bonds is 6. The summed E-state index contributed by atoms with van der Waals surface area (Å²) in [7, 11) is -3.78. The number of fused-ring (bicyclic) bond motifs is 1. The predicted octanol–water partition coefficient (Wildman–Crippen LogP) is 4.14. The molecule has 1 aromatic heterocycles. The number of aromatic nitrogens is 1. The number of aryl methyl sites for hydroxylation is 5. The lowest BCUT2D eigenvalue weighted by molar-refractivity contribution is -0.115. The Hall–Kier alpha value is -2.55. The third-order valence-corrected chi connectivity index (χ3v) is 7.90. The molecule has 0 saturated heterocycles. The highest BCUT2D eigenvalue weighted by Crippen LogP contribution is 2.33. The summed E-state index contributed by atoms with van der Waals surface area (Å²) < 4.78 is 27.6. The van der Waals surface area contributed by atoms with Crippen LogP contribution in [0.1, 0.15) is 33.6 Å². The van der Waals surface area contributed by atoms with E-state index >= 15 is 0 Å². The van der Waals surface area contributed by atoms with Crippen LogP contribution in [0.4, 0.5) is 5.13 Å². The molecule has 6 nitrogen and oxygen atoms in total. The van der Waals surface area contributed by atoms with Crippen molar-refractivity contribution in [3.8, 4) is 11.3 Å². The molecule has 0 radical (unpaired) electrons. The first-order valence-corrected chi connectivity index (χ1v) is 12.5. The number of anilines is 1. The van der Waals surface area contributed by atoms with Crippen LogP contribution >= 0.6 is 11.3 Å². The minimum absolute atomic E-state index is 0.185. The number of benzene rings is 2. The molecule has 4 rings (SSSR count). The van der Waals surface area contributed by atoms with Crippen LogP contribution in [0.5, 0.6) is 0 Å². The van der Waals surface area contributed by atoms with E-state index in [9.17, 15) is 13.2 Å². The average Bonchev–Trinajstić information content (AvgIpc) is 3.33. The first kappa shape index (κ1) is 21.7. The molecule has 2 aromatic carbocycles. The second kappa shape index (κ2) is 8.53. The van der Waals surface area contributed by atoms with Crippen molar-refractivity contribution in [2.45, 2.75) is 44.9 Å². The number of hydrogen-bond acceptors (Lipinski definition) is 5. The van der Waals surface area contributed by atoms with Crippen LogP contribution in [0.15, 0.2) is 41.3 Å². The largest absolute Gasteiger partial charge is 0.301 e. The normalized spacial score (nSPS) is 13.3. The van der Waals surface area contributed by atoms with Crippen LogP contribution in [-0.2, 0) is 27.7 Å². The molecule has 1 aliphatic rings. The van der Waals surface area contributed by atoms with Crippen LogP contribution < -0.4 is 10.0 Å². The monoisotopic (exact) mass is 455 g/mol. The average molecular weight is 456 g/mol. The van der Waals surface area contributed by atoms with E-state index in [1.807, 2.05) is 19.9 Å². The van der Waals surface area contributed by atoms with Crippen LogP contribution in [0.3, 0.4) is 0 Å². The molecule has 2 N–H and O–H groups in total. The summed E-state index contributed by atoms with van der Waals surface area (Å²) >= 11 is 1.38. The summed E-state index contributed by atoms with van der Waals surface area (Å²) in [5.41, 5.74) is 6.15. The van der Waals surface area contributed by atoms with Gasteiger partial charge in [-0.15, -0.1) is 11.3 Å². The van der Waals surface area contributed by atoms with E-state index in [2.05, 4.69) is 33.2 Å². The van der Waals surface area contributed by atoms with E-state index in [1.165, 1.54) is 28.9 Å². The molecule has 162 valence electrons. The van der Waals surface area contributed by atoms with Gasteiger partial charge in [0.05, 0.1) is 17.1 Å². The minimum atomic E-state index is -3.78. The summed E-state index contributed by atoms with van der Waals surface area (Å²) in [6, 6.07) is 11.6. The summed E-state index contributed by atoms with van der Waals surface area (Å²) in [5, 5.41) is 3.18. The van der Waals surface area contributed by atoms with Gasteiger partial charge < -0.3 is 5.32 Å². The second-order valence-electron chi connectivity index (χ2n) is 7.90. The fourth-order valence-corrected chi connectivity index (χ4v) is 6.00. The molecule has 0 fully saturated rings.